The van der Waals surface area contributed by atoms with Crippen molar-refractivity contribution in [3.8, 4) is 0 Å². The molecule has 83 heavy (non-hydrogen) atoms. The minimum absolute atomic E-state index is 0.0112. The lowest BCUT2D eigenvalue weighted by Gasteiger charge is -2.39. The highest BCUT2D eigenvalue weighted by Crippen LogP contribution is 2.45. The lowest BCUT2D eigenvalue weighted by atomic mass is 9.90. The van der Waals surface area contributed by atoms with Crippen molar-refractivity contribution >= 4 is 63.2 Å². The summed E-state index contributed by atoms with van der Waals surface area (Å²) in [5.74, 6) is -5.39. The van der Waals surface area contributed by atoms with Crippen molar-refractivity contribution < 1.29 is 75.3 Å². The second kappa shape index (κ2) is 33.0. The third-order valence-electron chi connectivity index (χ3n) is 15.5. The Hall–Kier alpha value is -5.90. The molecule has 1 saturated carbocycles. The summed E-state index contributed by atoms with van der Waals surface area (Å²) in [6.45, 7) is 13.9. The van der Waals surface area contributed by atoms with Gasteiger partial charge in [-0.25, -0.2) is 13.1 Å². The topological polar surface area (TPSA) is 307 Å². The molecule has 4 rings (SSSR count). The van der Waals surface area contributed by atoms with Gasteiger partial charge < -0.3 is 54.8 Å². The Balaban J connectivity index is 1.24. The van der Waals surface area contributed by atoms with Gasteiger partial charge in [0.05, 0.1) is 112 Å². The molecule has 1 aliphatic carbocycles. The number of carbonyl (C=O) groups is 9. The van der Waals surface area contributed by atoms with Gasteiger partial charge >= 0.3 is 0 Å². The van der Waals surface area contributed by atoms with Gasteiger partial charge in [-0.1, -0.05) is 67.0 Å². The summed E-state index contributed by atoms with van der Waals surface area (Å²) in [5.41, 5.74) is -0.196. The Kier molecular flexibility index (Phi) is 27.6. The lowest BCUT2D eigenvalue weighted by molar-refractivity contribution is -0.145. The van der Waals surface area contributed by atoms with Crippen LogP contribution in [0.2, 0.25) is 0 Å². The molecule has 1 aromatic rings. The molecule has 2 aliphatic heterocycles. The second-order valence-corrected chi connectivity index (χ2v) is 24.1. The number of benzene rings is 1. The predicted molar refractivity (Wildman–Crippen MR) is 305 cm³/mol. The summed E-state index contributed by atoms with van der Waals surface area (Å²) in [4.78, 5) is 123. The largest absolute Gasteiger partial charge is 0.379 e. The number of sulfonamides is 1. The molecule has 1 aromatic carbocycles. The van der Waals surface area contributed by atoms with Gasteiger partial charge in [0.25, 0.3) is 21.8 Å². The molecular formula is C57H91N9O16S. The fraction of sp³-hybridized carbons (Fsp3) is 0.702. The van der Waals surface area contributed by atoms with Gasteiger partial charge in [-0.15, -0.1) is 0 Å². The number of likely N-dealkylation sites (N-methyl/N-ethyl adjacent to an activating group) is 2. The average Bonchev–Trinajstić information content (AvgIpc) is 2.97. The van der Waals surface area contributed by atoms with Crippen LogP contribution in [0.3, 0.4) is 0 Å². The summed E-state index contributed by atoms with van der Waals surface area (Å²) in [7, 11) is 3.73. The van der Waals surface area contributed by atoms with Crippen LogP contribution >= 0.6 is 0 Å². The van der Waals surface area contributed by atoms with E-state index < -0.39 is 81.5 Å². The van der Waals surface area contributed by atoms with Gasteiger partial charge in [0.15, 0.2) is 0 Å². The molecule has 25 nitrogen and oxygen atoms in total. The minimum atomic E-state index is -4.41. The quantitative estimate of drug-likeness (QED) is 0.0456. The van der Waals surface area contributed by atoms with E-state index in [1.807, 2.05) is 27.7 Å². The van der Waals surface area contributed by atoms with Crippen LogP contribution in [-0.4, -0.2) is 219 Å². The zero-order valence-electron chi connectivity index (χ0n) is 50.5. The number of nitrogens with zero attached hydrogens (tertiary/aromatic N) is 4. The fourth-order valence-electron chi connectivity index (χ4n) is 10.6. The van der Waals surface area contributed by atoms with E-state index in [0.29, 0.717) is 44.2 Å². The van der Waals surface area contributed by atoms with E-state index >= 15 is 0 Å². The highest BCUT2D eigenvalue weighted by atomic mass is 32.2. The number of likely N-dealkylation sites (tertiary alicyclic amines) is 1. The number of nitrogens with one attached hydrogen (secondary N) is 5. The van der Waals surface area contributed by atoms with Gasteiger partial charge in [0.1, 0.15) is 6.04 Å². The molecule has 9 amide bonds. The van der Waals surface area contributed by atoms with Crippen molar-refractivity contribution in [3.63, 3.8) is 0 Å². The molecule has 0 spiro atoms. The van der Waals surface area contributed by atoms with Crippen molar-refractivity contribution in [3.05, 3.63) is 42.0 Å². The zero-order chi connectivity index (χ0) is 61.8. The average molecular weight is 1190 g/mol. The highest BCUT2D eigenvalue weighted by Gasteiger charge is 2.46. The Morgan fingerprint density at radius 2 is 1.34 bits per heavy atom. The first-order valence-electron chi connectivity index (χ1n) is 28.6. The van der Waals surface area contributed by atoms with Crippen LogP contribution in [0.1, 0.15) is 99.0 Å². The summed E-state index contributed by atoms with van der Waals surface area (Å²) < 4.78 is 57.7. The van der Waals surface area contributed by atoms with E-state index in [2.05, 4.69) is 26.0 Å². The number of rotatable bonds is 37. The Morgan fingerprint density at radius 1 is 0.747 bits per heavy atom. The molecule has 0 aromatic heterocycles. The van der Waals surface area contributed by atoms with Crippen molar-refractivity contribution in [2.24, 2.45) is 23.7 Å². The van der Waals surface area contributed by atoms with Crippen molar-refractivity contribution in [1.82, 2.24) is 45.6 Å². The summed E-state index contributed by atoms with van der Waals surface area (Å²) >= 11 is 0. The Bertz CT molecular complexity index is 2500. The van der Waals surface area contributed by atoms with E-state index in [-0.39, 0.29) is 124 Å². The van der Waals surface area contributed by atoms with Gasteiger partial charge in [-0.05, 0) is 75.2 Å². The summed E-state index contributed by atoms with van der Waals surface area (Å²) in [6, 6.07) is 3.30. The number of amides is 9. The smallest absolute Gasteiger partial charge is 0.264 e. The van der Waals surface area contributed by atoms with E-state index in [0.717, 1.165) is 4.90 Å². The number of methoxy groups -OCH3 is 2. The van der Waals surface area contributed by atoms with Gasteiger partial charge in [-0.3, -0.25) is 53.0 Å². The second-order valence-electron chi connectivity index (χ2n) is 22.4. The van der Waals surface area contributed by atoms with Crippen LogP contribution in [0.15, 0.2) is 41.3 Å². The van der Waals surface area contributed by atoms with Crippen LogP contribution in [-0.2, 0) is 82.4 Å². The van der Waals surface area contributed by atoms with Gasteiger partial charge in [0, 0.05) is 46.4 Å². The van der Waals surface area contributed by atoms with Crippen molar-refractivity contribution in [2.45, 2.75) is 140 Å². The van der Waals surface area contributed by atoms with Crippen LogP contribution in [0, 0.1) is 23.7 Å². The first-order valence-corrected chi connectivity index (χ1v) is 30.1. The number of hydrogen-bond donors (Lipinski definition) is 5. The van der Waals surface area contributed by atoms with Gasteiger partial charge in [-0.2, -0.15) is 0 Å². The predicted octanol–water partition coefficient (Wildman–Crippen LogP) is 0.841. The Morgan fingerprint density at radius 3 is 1.88 bits per heavy atom. The lowest BCUT2D eigenvalue weighted by Crippen LogP contribution is -2.55. The molecular weight excluding hydrogens is 1100 g/mol. The third-order valence-corrected chi connectivity index (χ3v) is 16.9. The molecule has 0 radical (unpaired) electrons. The molecule has 26 heteroatoms. The van der Waals surface area contributed by atoms with E-state index in [1.165, 1.54) is 50.3 Å². The number of hydrogen-bond acceptors (Lipinski definition) is 17. The maximum Gasteiger partial charge on any atom is 0.264 e. The fourth-order valence-corrected chi connectivity index (χ4v) is 11.6. The molecule has 3 unspecified atom stereocenters. The number of carbonyl (C=O) groups excluding carboxylic acids is 9. The monoisotopic (exact) mass is 1190 g/mol. The SMILES string of the molecule is CC[C@H](C)C([C@@H](CC(=O)N1CCC[C@H]1[C@H](OC)[C@@H](C)C(=O)NS(=O)(=O)c1ccc(C2(NC(=O)CNC(=O)C(NC(=O)CCOCCOCCOCCN3C(=O)C=CC3=O)C(C)C)CC2)cc1)OC)N(C)C(=O)CNC(=O)C(C(C)C)N(C)C. The van der Waals surface area contributed by atoms with Gasteiger partial charge in [0.2, 0.25) is 41.4 Å². The molecule has 1 saturated heterocycles. The molecule has 0 bridgehead atoms. The number of imide groups is 1. The molecule has 3 aliphatic rings. The van der Waals surface area contributed by atoms with Crippen molar-refractivity contribution in [1.29, 1.82) is 0 Å². The maximum atomic E-state index is 14.2. The normalized spacial score (nSPS) is 18.3. The summed E-state index contributed by atoms with van der Waals surface area (Å²) in [6.07, 6.45) is 3.52. The van der Waals surface area contributed by atoms with Crippen LogP contribution in [0.4, 0.5) is 0 Å². The Labute approximate surface area is 489 Å². The first-order chi connectivity index (χ1) is 39.2. The molecule has 2 heterocycles. The van der Waals surface area contributed by atoms with E-state index in [4.69, 9.17) is 23.7 Å². The van der Waals surface area contributed by atoms with Crippen molar-refractivity contribution in [2.75, 3.05) is 101 Å². The molecule has 466 valence electrons. The molecule has 8 atom stereocenters. The van der Waals surface area contributed by atoms with Crippen LogP contribution < -0.4 is 26.0 Å². The standard InChI is InChI=1S/C57H91N9O16S/c1-13-38(6)52(64(10)49(72)35-59-56(75)51(37(4)5)63(8)9)43(78-11)33-48(71)65-25-14-15-42(65)53(79-12)39(7)54(73)62-83(76,77)41-18-16-40(17-19-41)57(23-24-57)61-45(68)34-58-55(74)50(36(2)3)60-44(67)22-27-80-29-31-82-32-30-81-28-26-66-46(69)20-21-47(66)70/h16-21,36-39,42-43,50-53H,13-15,22-35H2,1-12H3,(H,58,74)(H,59,75)(H,60,67)(H,61,68)(H,62,73)/t38-,39+,42-,43+,50?,51?,52?,53+/m0/s1. The molecule has 2 fully saturated rings. The van der Waals surface area contributed by atoms with Crippen LogP contribution in [0.25, 0.3) is 0 Å². The van der Waals surface area contributed by atoms with E-state index in [9.17, 15) is 51.6 Å². The first kappa shape index (κ1) is 69.6. The van der Waals surface area contributed by atoms with E-state index in [1.54, 1.807) is 56.9 Å². The zero-order valence-corrected chi connectivity index (χ0v) is 51.3. The highest BCUT2D eigenvalue weighted by molar-refractivity contribution is 7.90. The van der Waals surface area contributed by atoms with Crippen LogP contribution in [0.5, 0.6) is 0 Å². The third kappa shape index (κ3) is 20.1. The summed E-state index contributed by atoms with van der Waals surface area (Å²) in [5, 5.41) is 11.0. The minimum Gasteiger partial charge on any atom is -0.379 e. The molecule has 5 N–H and O–H groups in total. The number of ether oxygens (including phenoxy) is 5. The maximum absolute atomic E-state index is 14.2.